The van der Waals surface area contributed by atoms with Crippen LogP contribution in [-0.2, 0) is 4.74 Å². The van der Waals surface area contributed by atoms with Gasteiger partial charge in [-0.05, 0) is 32.2 Å². The fraction of sp³-hybridized carbons (Fsp3) is 1.00. The smallest absolute Gasteiger partial charge is 0.312 e. The van der Waals surface area contributed by atoms with E-state index in [2.05, 4.69) is 15.0 Å². The Balaban J connectivity index is 1.68. The van der Waals surface area contributed by atoms with Crippen LogP contribution in [0, 0.1) is 0 Å². The van der Waals surface area contributed by atoms with Crippen molar-refractivity contribution in [3.05, 3.63) is 0 Å². The molecule has 2 aliphatic rings. The van der Waals surface area contributed by atoms with E-state index in [9.17, 15) is 13.2 Å². The number of piperidine rings is 1. The van der Waals surface area contributed by atoms with E-state index in [1.165, 1.54) is 19.3 Å². The summed E-state index contributed by atoms with van der Waals surface area (Å²) >= 11 is 0. The van der Waals surface area contributed by atoms with E-state index in [4.69, 9.17) is 0 Å². The lowest BCUT2D eigenvalue weighted by atomic mass is 10.0. The van der Waals surface area contributed by atoms with Gasteiger partial charge >= 0.3 is 6.36 Å². The molecule has 1 unspecified atom stereocenters. The van der Waals surface area contributed by atoms with Crippen molar-refractivity contribution >= 4 is 0 Å². The lowest BCUT2D eigenvalue weighted by Crippen LogP contribution is -2.47. The quantitative estimate of drug-likeness (QED) is 0.797. The molecular formula is C12H21F3N2O. The fourth-order valence-corrected chi connectivity index (χ4v) is 2.45. The lowest BCUT2D eigenvalue weighted by molar-refractivity contribution is -0.325. The van der Waals surface area contributed by atoms with Gasteiger partial charge < -0.3 is 5.32 Å². The van der Waals surface area contributed by atoms with Gasteiger partial charge in [-0.15, -0.1) is 13.2 Å². The highest BCUT2D eigenvalue weighted by Crippen LogP contribution is 2.22. The van der Waals surface area contributed by atoms with Crippen LogP contribution in [0.3, 0.4) is 0 Å². The minimum absolute atomic E-state index is 0.260. The minimum atomic E-state index is -4.50. The summed E-state index contributed by atoms with van der Waals surface area (Å²) in [6.45, 7) is 1.90. The van der Waals surface area contributed by atoms with E-state index in [1.807, 2.05) is 0 Å². The van der Waals surface area contributed by atoms with Crippen LogP contribution in [0.4, 0.5) is 13.2 Å². The van der Waals surface area contributed by atoms with E-state index >= 15 is 0 Å². The Kier molecular flexibility index (Phi) is 4.86. The Morgan fingerprint density at radius 2 is 1.94 bits per heavy atom. The van der Waals surface area contributed by atoms with Gasteiger partial charge in [0.05, 0.1) is 6.61 Å². The van der Waals surface area contributed by atoms with E-state index in [0.29, 0.717) is 18.6 Å². The van der Waals surface area contributed by atoms with E-state index in [0.717, 1.165) is 25.9 Å². The molecule has 1 N–H and O–H groups in total. The Morgan fingerprint density at radius 3 is 2.61 bits per heavy atom. The standard InChI is InChI=1S/C12H21F3N2O/c13-12(14,15)18-8-7-17-6-2-1-3-11(17)9-16-10-4-5-10/h10-11,16H,1-9H2. The van der Waals surface area contributed by atoms with Crippen LogP contribution < -0.4 is 5.32 Å². The zero-order chi connectivity index (χ0) is 13.0. The summed E-state index contributed by atoms with van der Waals surface area (Å²) in [4.78, 5) is 2.13. The van der Waals surface area contributed by atoms with Crippen LogP contribution in [0.2, 0.25) is 0 Å². The fourth-order valence-electron chi connectivity index (χ4n) is 2.45. The number of halogens is 3. The maximum atomic E-state index is 11.9. The van der Waals surface area contributed by atoms with E-state index in [-0.39, 0.29) is 6.61 Å². The Morgan fingerprint density at radius 1 is 1.17 bits per heavy atom. The third-order valence-electron chi connectivity index (χ3n) is 3.61. The molecule has 6 heteroatoms. The van der Waals surface area contributed by atoms with Crippen molar-refractivity contribution in [2.24, 2.45) is 0 Å². The van der Waals surface area contributed by atoms with Crippen LogP contribution in [-0.4, -0.2) is 49.6 Å². The number of nitrogens with one attached hydrogen (secondary N) is 1. The lowest BCUT2D eigenvalue weighted by Gasteiger charge is -2.35. The average Bonchev–Trinajstić information content (AvgIpc) is 3.10. The first kappa shape index (κ1) is 14.1. The largest absolute Gasteiger partial charge is 0.522 e. The number of hydrogen-bond acceptors (Lipinski definition) is 3. The van der Waals surface area contributed by atoms with Gasteiger partial charge in [0, 0.05) is 25.2 Å². The van der Waals surface area contributed by atoms with Gasteiger partial charge in [0.1, 0.15) is 0 Å². The highest BCUT2D eigenvalue weighted by Gasteiger charge is 2.30. The number of hydrogen-bond donors (Lipinski definition) is 1. The molecule has 1 aliphatic heterocycles. The number of rotatable bonds is 6. The van der Waals surface area contributed by atoms with Crippen LogP contribution in [0.1, 0.15) is 32.1 Å². The summed E-state index contributed by atoms with van der Waals surface area (Å²) < 4.78 is 39.6. The normalized spacial score (nSPS) is 26.5. The van der Waals surface area contributed by atoms with Gasteiger partial charge in [0.15, 0.2) is 0 Å². The molecule has 0 spiro atoms. The Hall–Kier alpha value is -0.330. The van der Waals surface area contributed by atoms with Crippen LogP contribution in [0.5, 0.6) is 0 Å². The van der Waals surface area contributed by atoms with Crippen molar-refractivity contribution in [1.82, 2.24) is 10.2 Å². The molecule has 106 valence electrons. The minimum Gasteiger partial charge on any atom is -0.312 e. The zero-order valence-electron chi connectivity index (χ0n) is 10.5. The Bertz CT molecular complexity index is 256. The third-order valence-corrected chi connectivity index (χ3v) is 3.61. The third kappa shape index (κ3) is 5.12. The van der Waals surface area contributed by atoms with E-state index in [1.54, 1.807) is 0 Å². The van der Waals surface area contributed by atoms with Crippen molar-refractivity contribution in [1.29, 1.82) is 0 Å². The van der Waals surface area contributed by atoms with Gasteiger partial charge in [-0.2, -0.15) is 0 Å². The van der Waals surface area contributed by atoms with Crippen molar-refractivity contribution < 1.29 is 17.9 Å². The number of likely N-dealkylation sites (tertiary alicyclic amines) is 1. The second-order valence-electron chi connectivity index (χ2n) is 5.16. The SMILES string of the molecule is FC(F)(F)OCCN1CCCCC1CNC1CC1. The van der Waals surface area contributed by atoms with Crippen LogP contribution in [0.25, 0.3) is 0 Å². The van der Waals surface area contributed by atoms with Gasteiger partial charge in [0.25, 0.3) is 0 Å². The van der Waals surface area contributed by atoms with Gasteiger partial charge in [-0.25, -0.2) is 0 Å². The molecule has 2 rings (SSSR count). The number of alkyl halides is 3. The molecule has 0 aromatic carbocycles. The molecule has 1 saturated heterocycles. The van der Waals surface area contributed by atoms with Gasteiger partial charge in [-0.3, -0.25) is 9.64 Å². The molecule has 1 heterocycles. The molecule has 0 radical (unpaired) electrons. The van der Waals surface area contributed by atoms with Gasteiger partial charge in [0.2, 0.25) is 0 Å². The van der Waals surface area contributed by atoms with Crippen molar-refractivity contribution in [3.8, 4) is 0 Å². The van der Waals surface area contributed by atoms with Crippen molar-refractivity contribution in [2.75, 3.05) is 26.2 Å². The molecule has 0 aromatic heterocycles. The molecule has 18 heavy (non-hydrogen) atoms. The summed E-state index contributed by atoms with van der Waals surface area (Å²) in [5.74, 6) is 0. The van der Waals surface area contributed by atoms with Crippen molar-refractivity contribution in [2.45, 2.75) is 50.6 Å². The molecule has 0 aromatic rings. The van der Waals surface area contributed by atoms with Gasteiger partial charge in [-0.1, -0.05) is 6.42 Å². The molecule has 1 saturated carbocycles. The Labute approximate surface area is 106 Å². The van der Waals surface area contributed by atoms with E-state index < -0.39 is 6.36 Å². The molecule has 1 aliphatic carbocycles. The second-order valence-corrected chi connectivity index (χ2v) is 5.16. The summed E-state index contributed by atoms with van der Waals surface area (Å²) in [5, 5.41) is 3.46. The molecule has 2 fully saturated rings. The molecule has 1 atom stereocenters. The zero-order valence-corrected chi connectivity index (χ0v) is 10.5. The molecule has 0 bridgehead atoms. The summed E-state index contributed by atoms with van der Waals surface area (Å²) in [6.07, 6.45) is 1.30. The predicted octanol–water partition coefficient (Wildman–Crippen LogP) is 2.13. The van der Waals surface area contributed by atoms with Crippen molar-refractivity contribution in [3.63, 3.8) is 0 Å². The first-order valence-electron chi connectivity index (χ1n) is 6.73. The van der Waals surface area contributed by atoms with Crippen LogP contribution in [0.15, 0.2) is 0 Å². The molecule has 3 nitrogen and oxygen atoms in total. The predicted molar refractivity (Wildman–Crippen MR) is 62.2 cm³/mol. The highest BCUT2D eigenvalue weighted by atomic mass is 19.4. The first-order chi connectivity index (χ1) is 8.54. The first-order valence-corrected chi connectivity index (χ1v) is 6.73. The maximum absolute atomic E-state index is 11.9. The summed E-state index contributed by atoms with van der Waals surface area (Å²) in [6, 6.07) is 1.02. The summed E-state index contributed by atoms with van der Waals surface area (Å²) in [5.41, 5.74) is 0. The highest BCUT2D eigenvalue weighted by molar-refractivity contribution is 4.85. The molecule has 0 amide bonds. The average molecular weight is 266 g/mol. The maximum Gasteiger partial charge on any atom is 0.522 e. The molecular weight excluding hydrogens is 245 g/mol. The number of ether oxygens (including phenoxy) is 1. The van der Waals surface area contributed by atoms with Crippen LogP contribution >= 0.6 is 0 Å². The second kappa shape index (κ2) is 6.21. The summed E-state index contributed by atoms with van der Waals surface area (Å²) in [7, 11) is 0. The monoisotopic (exact) mass is 266 g/mol. The number of nitrogens with zero attached hydrogens (tertiary/aromatic N) is 1. The topological polar surface area (TPSA) is 24.5 Å².